The number of nitrogen functional groups attached to an aromatic ring is 1. The first-order valence-corrected chi connectivity index (χ1v) is 5.50. The molecular weight excluding hydrogens is 248 g/mol. The van der Waals surface area contributed by atoms with Crippen molar-refractivity contribution in [1.82, 2.24) is 24.9 Å². The minimum Gasteiger partial charge on any atom is -0.369 e. The summed E-state index contributed by atoms with van der Waals surface area (Å²) in [5, 5.41) is 0. The lowest BCUT2D eigenvalue weighted by Crippen LogP contribution is -2.10. The molecule has 0 fully saturated rings. The number of nitrogens with zero attached hydrogens (tertiary/aromatic N) is 2. The number of fused-ring (bicyclic) bond motifs is 1. The zero-order chi connectivity index (χ0) is 13.6. The molecule has 0 radical (unpaired) electrons. The molecule has 5 N–H and O–H groups in total. The molecule has 0 aliphatic rings. The van der Waals surface area contributed by atoms with Crippen LogP contribution in [-0.2, 0) is 0 Å². The highest BCUT2D eigenvalue weighted by atomic mass is 16.1. The molecule has 0 amide bonds. The lowest BCUT2D eigenvalue weighted by atomic mass is 10.2. The van der Waals surface area contributed by atoms with Crippen molar-refractivity contribution < 1.29 is 0 Å². The molecule has 0 spiro atoms. The summed E-state index contributed by atoms with van der Waals surface area (Å²) in [6.07, 6.45) is 1.53. The molecule has 19 heavy (non-hydrogen) atoms. The van der Waals surface area contributed by atoms with E-state index in [0.29, 0.717) is 5.56 Å². The van der Waals surface area contributed by atoms with Gasteiger partial charge in [-0.3, -0.25) is 14.6 Å². The Labute approximate surface area is 105 Å². The average Bonchev–Trinajstić information content (AvgIpc) is 2.72. The number of anilines is 1. The summed E-state index contributed by atoms with van der Waals surface area (Å²) in [4.78, 5) is 39.6. The molecule has 0 aliphatic carbocycles. The quantitative estimate of drug-likeness (QED) is 0.483. The molecule has 0 saturated carbocycles. The number of hydrogen-bond acceptors (Lipinski definition) is 5. The van der Waals surface area contributed by atoms with E-state index in [1.165, 1.54) is 12.3 Å². The highest BCUT2D eigenvalue weighted by Gasteiger charge is 2.12. The molecule has 0 unspecified atom stereocenters. The van der Waals surface area contributed by atoms with Crippen LogP contribution in [0.5, 0.6) is 0 Å². The van der Waals surface area contributed by atoms with Gasteiger partial charge in [0, 0.05) is 18.0 Å². The van der Waals surface area contributed by atoms with E-state index in [1.54, 1.807) is 6.92 Å². The van der Waals surface area contributed by atoms with Crippen molar-refractivity contribution in [3.8, 4) is 11.4 Å². The number of pyridine rings is 1. The Morgan fingerprint density at radius 3 is 2.74 bits per heavy atom. The topological polar surface area (TPSA) is 133 Å². The number of hydrogen-bond donors (Lipinski definition) is 4. The number of aromatic amines is 3. The number of aromatic nitrogens is 5. The Morgan fingerprint density at radius 1 is 1.21 bits per heavy atom. The monoisotopic (exact) mass is 258 g/mol. The first kappa shape index (κ1) is 11.2. The van der Waals surface area contributed by atoms with Crippen LogP contribution in [0.25, 0.3) is 22.6 Å². The van der Waals surface area contributed by atoms with Crippen LogP contribution in [0, 0.1) is 6.92 Å². The van der Waals surface area contributed by atoms with Gasteiger partial charge in [0.25, 0.3) is 5.56 Å². The van der Waals surface area contributed by atoms with E-state index in [-0.39, 0.29) is 28.4 Å². The largest absolute Gasteiger partial charge is 0.369 e. The van der Waals surface area contributed by atoms with Crippen LogP contribution >= 0.6 is 0 Å². The standard InChI is InChI=1S/C11H10N6O2/c1-4-2-6(18)5(3-13-4)8-14-7-9(15-8)16-11(12)17-10(7)19/h2-3H,1H3,(H,13,18)(H4,12,14,15,16,17,19). The van der Waals surface area contributed by atoms with Gasteiger partial charge in [-0.05, 0) is 6.92 Å². The van der Waals surface area contributed by atoms with Crippen LogP contribution in [0.3, 0.4) is 0 Å². The zero-order valence-corrected chi connectivity index (χ0v) is 9.94. The lowest BCUT2D eigenvalue weighted by Gasteiger charge is -1.96. The SMILES string of the molecule is Cc1cc(=O)c(-c2nc3nc(N)[nH]c(=O)c3[nH]2)c[nH]1. The van der Waals surface area contributed by atoms with E-state index in [1.807, 2.05) is 0 Å². The first-order chi connectivity index (χ1) is 9.04. The predicted octanol–water partition coefficient (Wildman–Crippen LogP) is -0.108. The normalized spacial score (nSPS) is 11.0. The molecule has 96 valence electrons. The summed E-state index contributed by atoms with van der Waals surface area (Å²) in [5.41, 5.74) is 6.25. The number of H-pyrrole nitrogens is 3. The summed E-state index contributed by atoms with van der Waals surface area (Å²) in [5.74, 6) is 0.258. The second-order valence-corrected chi connectivity index (χ2v) is 4.13. The third-order valence-corrected chi connectivity index (χ3v) is 2.69. The van der Waals surface area contributed by atoms with Crippen LogP contribution in [0.4, 0.5) is 5.95 Å². The van der Waals surface area contributed by atoms with E-state index in [4.69, 9.17) is 5.73 Å². The third-order valence-electron chi connectivity index (χ3n) is 2.69. The molecule has 8 nitrogen and oxygen atoms in total. The summed E-state index contributed by atoms with van der Waals surface area (Å²) < 4.78 is 0. The Kier molecular flexibility index (Phi) is 2.24. The van der Waals surface area contributed by atoms with E-state index in [0.717, 1.165) is 5.69 Å². The summed E-state index contributed by atoms with van der Waals surface area (Å²) in [6.45, 7) is 1.77. The van der Waals surface area contributed by atoms with Gasteiger partial charge in [-0.15, -0.1) is 0 Å². The number of rotatable bonds is 1. The summed E-state index contributed by atoms with van der Waals surface area (Å²) in [6, 6.07) is 1.45. The maximum atomic E-state index is 11.9. The van der Waals surface area contributed by atoms with Crippen molar-refractivity contribution >= 4 is 17.1 Å². The van der Waals surface area contributed by atoms with Gasteiger partial charge in [0.05, 0.1) is 5.56 Å². The van der Waals surface area contributed by atoms with Crippen molar-refractivity contribution in [1.29, 1.82) is 0 Å². The minimum atomic E-state index is -0.426. The van der Waals surface area contributed by atoms with Crippen LogP contribution in [0.15, 0.2) is 21.9 Å². The van der Waals surface area contributed by atoms with Gasteiger partial charge in [-0.2, -0.15) is 4.98 Å². The van der Waals surface area contributed by atoms with Gasteiger partial charge >= 0.3 is 0 Å². The molecule has 0 bridgehead atoms. The number of imidazole rings is 1. The van der Waals surface area contributed by atoms with E-state index < -0.39 is 5.56 Å². The molecule has 0 aromatic carbocycles. The maximum Gasteiger partial charge on any atom is 0.278 e. The molecule has 3 aromatic rings. The fraction of sp³-hybridized carbons (Fsp3) is 0.0909. The van der Waals surface area contributed by atoms with Crippen LogP contribution in [0.2, 0.25) is 0 Å². The fourth-order valence-corrected chi connectivity index (χ4v) is 1.81. The molecule has 3 rings (SSSR count). The Bertz CT molecular complexity index is 888. The Morgan fingerprint density at radius 2 is 2.00 bits per heavy atom. The summed E-state index contributed by atoms with van der Waals surface area (Å²) in [7, 11) is 0. The number of nitrogens with one attached hydrogen (secondary N) is 3. The van der Waals surface area contributed by atoms with Crippen LogP contribution < -0.4 is 16.7 Å². The van der Waals surface area contributed by atoms with E-state index >= 15 is 0 Å². The second-order valence-electron chi connectivity index (χ2n) is 4.13. The van der Waals surface area contributed by atoms with Gasteiger partial charge in [0.15, 0.2) is 16.6 Å². The van der Waals surface area contributed by atoms with Gasteiger partial charge in [0.2, 0.25) is 5.95 Å². The Hall–Kier alpha value is -2.90. The average molecular weight is 258 g/mol. The third kappa shape index (κ3) is 1.79. The maximum absolute atomic E-state index is 11.9. The number of aryl methyl sites for hydroxylation is 1. The van der Waals surface area contributed by atoms with Gasteiger partial charge in [0.1, 0.15) is 5.82 Å². The van der Waals surface area contributed by atoms with Crippen LogP contribution in [-0.4, -0.2) is 24.9 Å². The van der Waals surface area contributed by atoms with Crippen molar-refractivity contribution in [2.24, 2.45) is 0 Å². The van der Waals surface area contributed by atoms with Gasteiger partial charge in [-0.25, -0.2) is 4.98 Å². The lowest BCUT2D eigenvalue weighted by molar-refractivity contribution is 1.17. The van der Waals surface area contributed by atoms with Gasteiger partial charge < -0.3 is 15.7 Å². The first-order valence-electron chi connectivity index (χ1n) is 5.50. The second kappa shape index (κ2) is 3.80. The summed E-state index contributed by atoms with van der Waals surface area (Å²) >= 11 is 0. The molecule has 3 aromatic heterocycles. The highest BCUT2D eigenvalue weighted by molar-refractivity contribution is 5.75. The van der Waals surface area contributed by atoms with Crippen LogP contribution in [0.1, 0.15) is 5.69 Å². The zero-order valence-electron chi connectivity index (χ0n) is 9.94. The highest BCUT2D eigenvalue weighted by Crippen LogP contribution is 2.13. The van der Waals surface area contributed by atoms with Crippen molar-refractivity contribution in [2.45, 2.75) is 6.92 Å². The van der Waals surface area contributed by atoms with Gasteiger partial charge in [-0.1, -0.05) is 0 Å². The molecule has 0 saturated heterocycles. The van der Waals surface area contributed by atoms with Crippen molar-refractivity contribution in [2.75, 3.05) is 5.73 Å². The van der Waals surface area contributed by atoms with E-state index in [2.05, 4.69) is 24.9 Å². The minimum absolute atomic E-state index is 0.0200. The number of nitrogens with two attached hydrogens (primary N) is 1. The molecule has 0 aliphatic heterocycles. The van der Waals surface area contributed by atoms with Crippen molar-refractivity contribution in [3.63, 3.8) is 0 Å². The molecular formula is C11H10N6O2. The molecule has 8 heteroatoms. The molecule has 0 atom stereocenters. The Balaban J connectivity index is 2.29. The van der Waals surface area contributed by atoms with Crippen molar-refractivity contribution in [3.05, 3.63) is 38.5 Å². The smallest absolute Gasteiger partial charge is 0.278 e. The van der Waals surface area contributed by atoms with E-state index in [9.17, 15) is 9.59 Å². The fourth-order valence-electron chi connectivity index (χ4n) is 1.81. The molecule has 3 heterocycles. The predicted molar refractivity (Wildman–Crippen MR) is 69.7 cm³/mol.